The number of nitrogens with one attached hydrogen (secondary N) is 1. The zero-order chi connectivity index (χ0) is 22.0. The summed E-state index contributed by atoms with van der Waals surface area (Å²) in [5, 5.41) is 10.5. The minimum Gasteiger partial charge on any atom is -0.496 e. The molecule has 164 valence electrons. The number of hydrogen-bond donors (Lipinski definition) is 2. The Morgan fingerprint density at radius 2 is 1.94 bits per heavy atom. The van der Waals surface area contributed by atoms with Crippen LogP contribution in [0.15, 0.2) is 42.6 Å². The SMILES string of the molecule is COc1cc(C)c2[nH]ccc2c1CN(C)C(CN1CCCC1)c1ccc(C(=O)O)cc1. The van der Waals surface area contributed by atoms with Crippen molar-refractivity contribution in [3.63, 3.8) is 0 Å². The summed E-state index contributed by atoms with van der Waals surface area (Å²) in [7, 11) is 3.87. The highest BCUT2D eigenvalue weighted by molar-refractivity contribution is 5.88. The Morgan fingerprint density at radius 3 is 2.58 bits per heavy atom. The van der Waals surface area contributed by atoms with Gasteiger partial charge >= 0.3 is 5.97 Å². The van der Waals surface area contributed by atoms with Crippen LogP contribution in [0.5, 0.6) is 5.75 Å². The summed E-state index contributed by atoms with van der Waals surface area (Å²) in [6, 6.07) is 11.7. The molecule has 6 nitrogen and oxygen atoms in total. The van der Waals surface area contributed by atoms with Gasteiger partial charge in [-0.3, -0.25) is 4.90 Å². The van der Waals surface area contributed by atoms with Crippen LogP contribution >= 0.6 is 0 Å². The van der Waals surface area contributed by atoms with E-state index in [2.05, 4.69) is 40.9 Å². The number of ether oxygens (including phenoxy) is 1. The van der Waals surface area contributed by atoms with E-state index in [0.29, 0.717) is 5.56 Å². The van der Waals surface area contributed by atoms with E-state index in [1.165, 1.54) is 29.4 Å². The highest BCUT2D eigenvalue weighted by atomic mass is 16.5. The zero-order valence-corrected chi connectivity index (χ0v) is 18.5. The van der Waals surface area contributed by atoms with Crippen molar-refractivity contribution in [1.82, 2.24) is 14.8 Å². The van der Waals surface area contributed by atoms with Gasteiger partial charge in [0.1, 0.15) is 5.75 Å². The quantitative estimate of drug-likeness (QED) is 0.562. The van der Waals surface area contributed by atoms with Gasteiger partial charge in [-0.1, -0.05) is 12.1 Å². The molecule has 2 N–H and O–H groups in total. The lowest BCUT2D eigenvalue weighted by molar-refractivity contribution is 0.0697. The molecule has 1 saturated heterocycles. The fraction of sp³-hybridized carbons (Fsp3) is 0.400. The molecule has 1 aromatic heterocycles. The van der Waals surface area contributed by atoms with Gasteiger partial charge in [0.2, 0.25) is 0 Å². The Balaban J connectivity index is 1.66. The van der Waals surface area contributed by atoms with Crippen molar-refractivity contribution < 1.29 is 14.6 Å². The van der Waals surface area contributed by atoms with E-state index in [0.717, 1.165) is 43.0 Å². The molecule has 0 radical (unpaired) electrons. The molecule has 0 saturated carbocycles. The third kappa shape index (κ3) is 4.45. The van der Waals surface area contributed by atoms with E-state index in [4.69, 9.17) is 4.74 Å². The number of aryl methyl sites for hydroxylation is 1. The standard InChI is InChI=1S/C25H31N3O3/c1-17-14-23(31-3)21(20-10-11-26-24(17)20)15-27(2)22(16-28-12-4-5-13-28)18-6-8-19(9-7-18)25(29)30/h6-11,14,22,26H,4-5,12-13,15-16H2,1-3H3,(H,29,30). The largest absolute Gasteiger partial charge is 0.496 e. The number of aromatic nitrogens is 1. The van der Waals surface area contributed by atoms with Crippen molar-refractivity contribution >= 4 is 16.9 Å². The topological polar surface area (TPSA) is 68.8 Å². The number of fused-ring (bicyclic) bond motifs is 1. The van der Waals surface area contributed by atoms with Crippen molar-refractivity contribution in [1.29, 1.82) is 0 Å². The first-order valence-electron chi connectivity index (χ1n) is 10.9. The highest BCUT2D eigenvalue weighted by Crippen LogP contribution is 2.33. The number of carboxylic acids is 1. The Labute approximate surface area is 183 Å². The molecule has 4 rings (SSSR count). The van der Waals surface area contributed by atoms with Gasteiger partial charge in [-0.05, 0) is 75.3 Å². The number of H-pyrrole nitrogens is 1. The molecular formula is C25H31N3O3. The Bertz CT molecular complexity index is 1050. The van der Waals surface area contributed by atoms with Crippen LogP contribution in [0.25, 0.3) is 10.9 Å². The number of nitrogens with zero attached hydrogens (tertiary/aromatic N) is 2. The van der Waals surface area contributed by atoms with Crippen LogP contribution in [0.3, 0.4) is 0 Å². The molecule has 6 heteroatoms. The van der Waals surface area contributed by atoms with Gasteiger partial charge in [0.25, 0.3) is 0 Å². The van der Waals surface area contributed by atoms with Crippen molar-refractivity contribution in [2.75, 3.05) is 33.8 Å². The van der Waals surface area contributed by atoms with Crippen molar-refractivity contribution in [2.45, 2.75) is 32.4 Å². The lowest BCUT2D eigenvalue weighted by Gasteiger charge is -2.32. The Kier molecular flexibility index (Phi) is 6.30. The summed E-state index contributed by atoms with van der Waals surface area (Å²) in [6.07, 6.45) is 4.46. The second-order valence-corrected chi connectivity index (χ2v) is 8.51. The lowest BCUT2D eigenvalue weighted by Crippen LogP contribution is -2.35. The average molecular weight is 422 g/mol. The number of aromatic amines is 1. The molecule has 0 amide bonds. The van der Waals surface area contributed by atoms with Gasteiger partial charge in [-0.25, -0.2) is 4.79 Å². The fourth-order valence-electron chi connectivity index (χ4n) is 4.70. The van der Waals surface area contributed by atoms with Gasteiger partial charge in [0, 0.05) is 41.8 Å². The maximum atomic E-state index is 11.3. The number of carboxylic acid groups (broad SMARTS) is 1. The predicted octanol–water partition coefficient (Wildman–Crippen LogP) is 4.45. The third-order valence-electron chi connectivity index (χ3n) is 6.44. The van der Waals surface area contributed by atoms with Crippen LogP contribution in [0, 0.1) is 6.92 Å². The zero-order valence-electron chi connectivity index (χ0n) is 18.5. The van der Waals surface area contributed by atoms with E-state index < -0.39 is 5.97 Å². The first-order valence-corrected chi connectivity index (χ1v) is 10.9. The van der Waals surface area contributed by atoms with Crippen molar-refractivity contribution in [2.24, 2.45) is 0 Å². The fourth-order valence-corrected chi connectivity index (χ4v) is 4.70. The summed E-state index contributed by atoms with van der Waals surface area (Å²) in [4.78, 5) is 19.5. The van der Waals surface area contributed by atoms with Crippen LogP contribution in [0.4, 0.5) is 0 Å². The Morgan fingerprint density at radius 1 is 1.23 bits per heavy atom. The first-order chi connectivity index (χ1) is 15.0. The molecule has 1 atom stereocenters. The third-order valence-corrected chi connectivity index (χ3v) is 6.44. The van der Waals surface area contributed by atoms with Gasteiger partial charge < -0.3 is 19.7 Å². The van der Waals surface area contributed by atoms with E-state index in [-0.39, 0.29) is 6.04 Å². The van der Waals surface area contributed by atoms with E-state index in [1.54, 1.807) is 19.2 Å². The van der Waals surface area contributed by atoms with E-state index >= 15 is 0 Å². The second-order valence-electron chi connectivity index (χ2n) is 8.51. The molecule has 2 heterocycles. The summed E-state index contributed by atoms with van der Waals surface area (Å²) >= 11 is 0. The maximum Gasteiger partial charge on any atom is 0.335 e. The minimum absolute atomic E-state index is 0.154. The summed E-state index contributed by atoms with van der Waals surface area (Å²) in [5.41, 5.74) is 4.93. The molecular weight excluding hydrogens is 390 g/mol. The van der Waals surface area contributed by atoms with Gasteiger partial charge in [-0.2, -0.15) is 0 Å². The number of benzene rings is 2. The smallest absolute Gasteiger partial charge is 0.335 e. The van der Waals surface area contributed by atoms with Crippen LogP contribution in [-0.4, -0.2) is 59.7 Å². The number of carbonyl (C=O) groups is 1. The molecule has 1 unspecified atom stereocenters. The van der Waals surface area contributed by atoms with E-state index in [1.807, 2.05) is 18.3 Å². The molecule has 1 aliphatic heterocycles. The molecule has 1 aliphatic rings. The first kappa shape index (κ1) is 21.4. The summed E-state index contributed by atoms with van der Waals surface area (Å²) < 4.78 is 5.75. The summed E-state index contributed by atoms with van der Waals surface area (Å²) in [5.74, 6) is 0.00726. The van der Waals surface area contributed by atoms with Crippen molar-refractivity contribution in [3.05, 3.63) is 64.8 Å². The minimum atomic E-state index is -0.893. The number of aromatic carboxylic acids is 1. The van der Waals surface area contributed by atoms with Gasteiger partial charge in [0.05, 0.1) is 12.7 Å². The maximum absolute atomic E-state index is 11.3. The molecule has 1 fully saturated rings. The number of hydrogen-bond acceptors (Lipinski definition) is 4. The number of rotatable bonds is 8. The lowest BCUT2D eigenvalue weighted by atomic mass is 10.0. The van der Waals surface area contributed by atoms with Crippen LogP contribution in [0.2, 0.25) is 0 Å². The molecule has 2 aromatic carbocycles. The van der Waals surface area contributed by atoms with Gasteiger partial charge in [-0.15, -0.1) is 0 Å². The average Bonchev–Trinajstić information content (AvgIpc) is 3.46. The normalized spacial score (nSPS) is 15.6. The predicted molar refractivity (Wildman–Crippen MR) is 123 cm³/mol. The van der Waals surface area contributed by atoms with Crippen LogP contribution in [-0.2, 0) is 6.54 Å². The highest BCUT2D eigenvalue weighted by Gasteiger charge is 2.24. The summed E-state index contributed by atoms with van der Waals surface area (Å²) in [6.45, 7) is 5.99. The van der Waals surface area contributed by atoms with Gasteiger partial charge in [0.15, 0.2) is 0 Å². The van der Waals surface area contributed by atoms with Crippen molar-refractivity contribution in [3.8, 4) is 5.75 Å². The second kappa shape index (κ2) is 9.12. The van der Waals surface area contributed by atoms with Crippen LogP contribution < -0.4 is 4.74 Å². The molecule has 3 aromatic rings. The molecule has 0 bridgehead atoms. The number of likely N-dealkylation sites (N-methyl/N-ethyl adjacent to an activating group) is 1. The van der Waals surface area contributed by atoms with Crippen LogP contribution in [0.1, 0.15) is 45.9 Å². The molecule has 0 spiro atoms. The Hall–Kier alpha value is -2.83. The molecule has 31 heavy (non-hydrogen) atoms. The van der Waals surface area contributed by atoms with E-state index in [9.17, 15) is 9.90 Å². The molecule has 0 aliphatic carbocycles. The number of likely N-dealkylation sites (tertiary alicyclic amines) is 1. The monoisotopic (exact) mass is 421 g/mol. The number of methoxy groups -OCH3 is 1.